The number of hydrogen-bond acceptors (Lipinski definition) is 8. The highest BCUT2D eigenvalue weighted by Gasteiger charge is 2.64. The number of Topliss-reactive ketones (excluding diaryl/α,β-unsaturated/α-hetero) is 1. The molecule has 0 radical (unpaired) electrons. The fraction of sp³-hybridized carbons (Fsp3) is 0.308. The molecule has 2 aromatic carbocycles. The normalized spacial score (nSPS) is 24.1. The zero-order valence-corrected chi connectivity index (χ0v) is 19.5. The number of carbonyl (C=O) groups is 3. The Morgan fingerprint density at radius 1 is 1.11 bits per heavy atom. The number of carbonyl (C=O) groups excluding carboxylic acids is 3. The molecule has 0 saturated carbocycles. The Labute approximate surface area is 207 Å². The van der Waals surface area contributed by atoms with E-state index in [2.05, 4.69) is 12.0 Å². The summed E-state index contributed by atoms with van der Waals surface area (Å²) in [5.74, 6) is -2.54. The van der Waals surface area contributed by atoms with E-state index >= 15 is 0 Å². The Balaban J connectivity index is 1.47. The molecule has 10 heteroatoms. The van der Waals surface area contributed by atoms with Crippen molar-refractivity contribution >= 4 is 35.2 Å². The van der Waals surface area contributed by atoms with Gasteiger partial charge in [-0.1, -0.05) is 31.6 Å². The van der Waals surface area contributed by atoms with Gasteiger partial charge in [0, 0.05) is 23.9 Å². The number of ketones is 1. The third-order valence-electron chi connectivity index (χ3n) is 6.76. The zero-order chi connectivity index (χ0) is 25.4. The van der Waals surface area contributed by atoms with Crippen LogP contribution in [0, 0.1) is 22.0 Å². The van der Waals surface area contributed by atoms with Crippen molar-refractivity contribution in [1.82, 2.24) is 5.01 Å². The smallest absolute Gasteiger partial charge is 0.270 e. The van der Waals surface area contributed by atoms with E-state index in [1.165, 1.54) is 35.5 Å². The van der Waals surface area contributed by atoms with Crippen LogP contribution in [-0.4, -0.2) is 52.4 Å². The van der Waals surface area contributed by atoms with Crippen molar-refractivity contribution in [2.75, 3.05) is 11.5 Å². The molecule has 2 fully saturated rings. The number of hydrazone groups is 1. The highest BCUT2D eigenvalue weighted by Crippen LogP contribution is 2.46. The van der Waals surface area contributed by atoms with Crippen molar-refractivity contribution in [2.24, 2.45) is 16.9 Å². The van der Waals surface area contributed by atoms with Crippen molar-refractivity contribution in [3.63, 3.8) is 0 Å². The van der Waals surface area contributed by atoms with Crippen LogP contribution in [-0.2, 0) is 9.59 Å². The largest absolute Gasteiger partial charge is 0.494 e. The van der Waals surface area contributed by atoms with Crippen LogP contribution in [0.4, 0.5) is 11.4 Å². The number of non-ortho nitro benzene ring substituents is 1. The lowest BCUT2D eigenvalue weighted by Gasteiger charge is -2.30. The van der Waals surface area contributed by atoms with E-state index in [0.717, 1.165) is 17.7 Å². The standard InChI is InChI=1S/C26H24N4O6/c1-2-3-14-36-19-11-9-17(10-12-19)28-25(32)21-20-8-5-13-27-29(20)23(22(21)26(28)33)24(31)16-6-4-7-18(15-16)30(34)35/h4-13,15,20-23H,2-3,14H2,1H3/t20-,21+,22-,23+/m1/s1. The molecule has 2 aromatic rings. The number of fused-ring (bicyclic) bond motifs is 3. The van der Waals surface area contributed by atoms with Crippen LogP contribution in [0.3, 0.4) is 0 Å². The van der Waals surface area contributed by atoms with Crippen LogP contribution in [0.25, 0.3) is 0 Å². The van der Waals surface area contributed by atoms with Gasteiger partial charge in [-0.25, -0.2) is 4.90 Å². The number of nitrogens with zero attached hydrogens (tertiary/aromatic N) is 4. The van der Waals surface area contributed by atoms with E-state index in [9.17, 15) is 24.5 Å². The average molecular weight is 489 g/mol. The quantitative estimate of drug-likeness (QED) is 0.184. The third-order valence-corrected chi connectivity index (χ3v) is 6.76. The Morgan fingerprint density at radius 2 is 1.86 bits per heavy atom. The van der Waals surface area contributed by atoms with Crippen LogP contribution in [0.15, 0.2) is 65.8 Å². The van der Waals surface area contributed by atoms with Crippen molar-refractivity contribution in [3.05, 3.63) is 76.4 Å². The van der Waals surface area contributed by atoms with Gasteiger partial charge >= 0.3 is 0 Å². The summed E-state index contributed by atoms with van der Waals surface area (Å²) in [6.07, 6.45) is 6.86. The number of nitro groups is 1. The summed E-state index contributed by atoms with van der Waals surface area (Å²) in [5, 5.41) is 17.0. The minimum Gasteiger partial charge on any atom is -0.494 e. The number of benzene rings is 2. The molecule has 10 nitrogen and oxygen atoms in total. The van der Waals surface area contributed by atoms with Crippen molar-refractivity contribution in [2.45, 2.75) is 31.8 Å². The summed E-state index contributed by atoms with van der Waals surface area (Å²) >= 11 is 0. The molecule has 5 rings (SSSR count). The van der Waals surface area contributed by atoms with Gasteiger partial charge in [0.25, 0.3) is 5.69 Å². The van der Waals surface area contributed by atoms with Gasteiger partial charge in [0.15, 0.2) is 5.78 Å². The van der Waals surface area contributed by atoms with Crippen molar-refractivity contribution in [1.29, 1.82) is 0 Å². The van der Waals surface area contributed by atoms with Crippen molar-refractivity contribution in [3.8, 4) is 5.75 Å². The molecule has 3 heterocycles. The van der Waals surface area contributed by atoms with Gasteiger partial charge in [-0.3, -0.25) is 29.5 Å². The molecule has 3 aliphatic rings. The molecule has 0 unspecified atom stereocenters. The first-order chi connectivity index (χ1) is 17.4. The predicted molar refractivity (Wildman–Crippen MR) is 131 cm³/mol. The summed E-state index contributed by atoms with van der Waals surface area (Å²) < 4.78 is 5.67. The molecule has 0 aromatic heterocycles. The maximum Gasteiger partial charge on any atom is 0.270 e. The lowest BCUT2D eigenvalue weighted by Crippen LogP contribution is -2.46. The second-order valence-corrected chi connectivity index (χ2v) is 8.90. The highest BCUT2D eigenvalue weighted by molar-refractivity contribution is 6.24. The molecule has 4 atom stereocenters. The number of allylic oxidation sites excluding steroid dienone is 1. The minimum atomic E-state index is -1.07. The topological polar surface area (TPSA) is 122 Å². The monoisotopic (exact) mass is 488 g/mol. The molecule has 0 aliphatic carbocycles. The van der Waals surface area contributed by atoms with Crippen molar-refractivity contribution < 1.29 is 24.0 Å². The predicted octanol–water partition coefficient (Wildman–Crippen LogP) is 3.37. The first kappa shape index (κ1) is 23.4. The third kappa shape index (κ3) is 3.84. The summed E-state index contributed by atoms with van der Waals surface area (Å²) in [6, 6.07) is 10.5. The van der Waals surface area contributed by atoms with Crippen LogP contribution in [0.2, 0.25) is 0 Å². The van der Waals surface area contributed by atoms with E-state index < -0.39 is 46.4 Å². The highest BCUT2D eigenvalue weighted by atomic mass is 16.6. The molecule has 0 N–H and O–H groups in total. The Morgan fingerprint density at radius 3 is 2.58 bits per heavy atom. The Kier molecular flexibility index (Phi) is 6.09. The van der Waals surface area contributed by atoms with E-state index in [-0.39, 0.29) is 11.3 Å². The number of imide groups is 1. The molecule has 184 valence electrons. The molecule has 3 aliphatic heterocycles. The first-order valence-corrected chi connectivity index (χ1v) is 11.8. The number of amides is 2. The van der Waals surface area contributed by atoms with Gasteiger partial charge in [0.05, 0.1) is 35.1 Å². The lowest BCUT2D eigenvalue weighted by molar-refractivity contribution is -0.384. The second-order valence-electron chi connectivity index (χ2n) is 8.90. The summed E-state index contributed by atoms with van der Waals surface area (Å²) in [5.41, 5.74) is 0.259. The SMILES string of the molecule is CCCCOc1ccc(N2C(=O)[C@@H]3[C@@H](C2=O)[C@@H](C(=O)c2cccc([N+](=O)[O-])c2)N2N=CC=C[C@H]32)cc1. The van der Waals surface area contributed by atoms with E-state index in [4.69, 9.17) is 4.74 Å². The number of anilines is 1. The molecular formula is C26H24N4O6. The summed E-state index contributed by atoms with van der Waals surface area (Å²) in [6.45, 7) is 2.65. The zero-order valence-electron chi connectivity index (χ0n) is 19.5. The summed E-state index contributed by atoms with van der Waals surface area (Å²) in [7, 11) is 0. The van der Waals surface area contributed by atoms with Gasteiger partial charge in [-0.2, -0.15) is 5.10 Å². The number of ether oxygens (including phenoxy) is 1. The van der Waals surface area contributed by atoms with Crippen LogP contribution in [0.5, 0.6) is 5.75 Å². The molecular weight excluding hydrogens is 464 g/mol. The number of unbranched alkanes of at least 4 members (excludes halogenated alkanes) is 1. The Hall–Kier alpha value is -4.34. The average Bonchev–Trinajstić information content (AvgIpc) is 3.36. The fourth-order valence-corrected chi connectivity index (χ4v) is 5.06. The minimum absolute atomic E-state index is 0.0885. The fourth-order valence-electron chi connectivity index (χ4n) is 5.06. The maximum absolute atomic E-state index is 13.7. The van der Waals surface area contributed by atoms with Gasteiger partial charge < -0.3 is 4.74 Å². The van der Waals surface area contributed by atoms with Crippen LogP contribution < -0.4 is 9.64 Å². The molecule has 2 saturated heterocycles. The van der Waals surface area contributed by atoms with E-state index in [0.29, 0.717) is 18.0 Å². The van der Waals surface area contributed by atoms with Gasteiger partial charge in [0.2, 0.25) is 11.8 Å². The maximum atomic E-state index is 13.7. The number of hydrogen-bond donors (Lipinski definition) is 0. The first-order valence-electron chi connectivity index (χ1n) is 11.8. The van der Waals surface area contributed by atoms with Gasteiger partial charge in [0.1, 0.15) is 11.8 Å². The van der Waals surface area contributed by atoms with Gasteiger partial charge in [-0.15, -0.1) is 0 Å². The molecule has 36 heavy (non-hydrogen) atoms. The molecule has 0 spiro atoms. The van der Waals surface area contributed by atoms with Gasteiger partial charge in [-0.05, 0) is 36.8 Å². The number of rotatable bonds is 8. The number of nitro benzene ring substituents is 1. The van der Waals surface area contributed by atoms with E-state index in [1.54, 1.807) is 36.4 Å². The van der Waals surface area contributed by atoms with Crippen LogP contribution >= 0.6 is 0 Å². The summed E-state index contributed by atoms with van der Waals surface area (Å²) in [4.78, 5) is 52.6. The van der Waals surface area contributed by atoms with Crippen LogP contribution in [0.1, 0.15) is 30.1 Å². The second kappa shape index (κ2) is 9.37. The van der Waals surface area contributed by atoms with E-state index in [1.807, 2.05) is 0 Å². The molecule has 0 bridgehead atoms. The Bertz CT molecular complexity index is 1290. The molecule has 2 amide bonds. The lowest BCUT2D eigenvalue weighted by atomic mass is 9.86.